The summed E-state index contributed by atoms with van der Waals surface area (Å²) in [6, 6.07) is 8.44. The minimum atomic E-state index is -0.487. The lowest BCUT2D eigenvalue weighted by Crippen LogP contribution is -2.53. The van der Waals surface area contributed by atoms with Crippen molar-refractivity contribution in [3.8, 4) is 0 Å². The highest BCUT2D eigenvalue weighted by atomic mass is 16.6. The summed E-state index contributed by atoms with van der Waals surface area (Å²) in [4.78, 5) is 27.1. The number of hydrogen-bond donors (Lipinski definition) is 1. The molecule has 0 unspecified atom stereocenters. The van der Waals surface area contributed by atoms with E-state index in [4.69, 9.17) is 4.74 Å². The van der Waals surface area contributed by atoms with Gasteiger partial charge in [0.2, 0.25) is 5.91 Å². The van der Waals surface area contributed by atoms with Crippen molar-refractivity contribution in [2.75, 3.05) is 13.1 Å². The summed E-state index contributed by atoms with van der Waals surface area (Å²) in [5.74, 6) is 0.387. The second kappa shape index (κ2) is 7.76. The summed E-state index contributed by atoms with van der Waals surface area (Å²) in [6.45, 7) is 11.1. The molecule has 1 N–H and O–H groups in total. The van der Waals surface area contributed by atoms with Gasteiger partial charge in [0.1, 0.15) is 5.60 Å². The Morgan fingerprint density at radius 1 is 1.25 bits per heavy atom. The molecule has 1 heterocycles. The molecule has 2 fully saturated rings. The van der Waals surface area contributed by atoms with Gasteiger partial charge < -0.3 is 15.0 Å². The average molecular weight is 387 g/mol. The van der Waals surface area contributed by atoms with Crippen molar-refractivity contribution in [1.82, 2.24) is 10.2 Å². The Morgan fingerprint density at radius 3 is 2.50 bits per heavy atom. The number of carbonyl (C=O) groups excluding carboxylic acids is 2. The molecule has 3 rings (SSSR count). The summed E-state index contributed by atoms with van der Waals surface area (Å²) in [7, 11) is 0. The first kappa shape index (κ1) is 20.7. The zero-order chi connectivity index (χ0) is 20.5. The zero-order valence-corrected chi connectivity index (χ0v) is 17.9. The van der Waals surface area contributed by atoms with Crippen molar-refractivity contribution < 1.29 is 14.3 Å². The number of likely N-dealkylation sites (tertiary alicyclic amines) is 1. The van der Waals surface area contributed by atoms with Crippen LogP contribution in [0.3, 0.4) is 0 Å². The molecular weight excluding hydrogens is 352 g/mol. The molecule has 1 saturated heterocycles. The number of rotatable bonds is 4. The SMILES string of the molecule is Cc1ccccc1CC1(C(=O)N[C@H]2CCN(C(=O)OC(C)(C)C)C[C@@H]2C)CC1. The minimum Gasteiger partial charge on any atom is -0.444 e. The van der Waals surface area contributed by atoms with Crippen LogP contribution in [0.2, 0.25) is 0 Å². The lowest BCUT2D eigenvalue weighted by molar-refractivity contribution is -0.127. The van der Waals surface area contributed by atoms with Crippen molar-refractivity contribution in [2.24, 2.45) is 11.3 Å². The molecule has 154 valence electrons. The van der Waals surface area contributed by atoms with Gasteiger partial charge in [0.15, 0.2) is 0 Å². The van der Waals surface area contributed by atoms with E-state index in [9.17, 15) is 9.59 Å². The van der Waals surface area contributed by atoms with Gasteiger partial charge in [-0.05, 0) is 70.4 Å². The van der Waals surface area contributed by atoms with Crippen molar-refractivity contribution in [3.63, 3.8) is 0 Å². The molecule has 1 aromatic carbocycles. The highest BCUT2D eigenvalue weighted by molar-refractivity contribution is 5.86. The average Bonchev–Trinajstić information content (AvgIpc) is 3.38. The van der Waals surface area contributed by atoms with Gasteiger partial charge in [0.05, 0.1) is 5.41 Å². The predicted octanol–water partition coefficient (Wildman–Crippen LogP) is 4.08. The maximum absolute atomic E-state index is 13.0. The van der Waals surface area contributed by atoms with E-state index in [0.717, 1.165) is 25.7 Å². The number of nitrogens with one attached hydrogen (secondary N) is 1. The fourth-order valence-electron chi connectivity index (χ4n) is 3.98. The first-order valence-corrected chi connectivity index (χ1v) is 10.4. The summed E-state index contributed by atoms with van der Waals surface area (Å²) in [5.41, 5.74) is 1.79. The number of benzene rings is 1. The number of carbonyl (C=O) groups is 2. The van der Waals surface area contributed by atoms with Crippen LogP contribution in [0.1, 0.15) is 58.1 Å². The Balaban J connectivity index is 1.55. The molecule has 5 heteroatoms. The quantitative estimate of drug-likeness (QED) is 0.848. The van der Waals surface area contributed by atoms with E-state index in [-0.39, 0.29) is 29.4 Å². The largest absolute Gasteiger partial charge is 0.444 e. The number of amides is 2. The third kappa shape index (κ3) is 4.86. The Labute approximate surface area is 168 Å². The fraction of sp³-hybridized carbons (Fsp3) is 0.652. The topological polar surface area (TPSA) is 58.6 Å². The maximum atomic E-state index is 13.0. The van der Waals surface area contributed by atoms with Crippen LogP contribution in [0, 0.1) is 18.3 Å². The monoisotopic (exact) mass is 386 g/mol. The number of piperidine rings is 1. The van der Waals surface area contributed by atoms with Crippen LogP contribution >= 0.6 is 0 Å². The Bertz CT molecular complexity index is 734. The van der Waals surface area contributed by atoms with E-state index in [0.29, 0.717) is 13.1 Å². The number of ether oxygens (including phenoxy) is 1. The van der Waals surface area contributed by atoms with E-state index in [1.807, 2.05) is 32.9 Å². The molecule has 0 bridgehead atoms. The van der Waals surface area contributed by atoms with Gasteiger partial charge in [-0.15, -0.1) is 0 Å². The lowest BCUT2D eigenvalue weighted by atomic mass is 9.90. The fourth-order valence-corrected chi connectivity index (χ4v) is 3.98. The van der Waals surface area contributed by atoms with Gasteiger partial charge in [-0.25, -0.2) is 4.79 Å². The summed E-state index contributed by atoms with van der Waals surface area (Å²) < 4.78 is 5.48. The van der Waals surface area contributed by atoms with Crippen LogP contribution in [0.5, 0.6) is 0 Å². The smallest absolute Gasteiger partial charge is 0.410 e. The number of nitrogens with zero attached hydrogens (tertiary/aromatic N) is 1. The molecule has 2 aliphatic rings. The first-order valence-electron chi connectivity index (χ1n) is 10.4. The second-order valence-corrected chi connectivity index (χ2v) is 9.66. The van der Waals surface area contributed by atoms with Crippen LogP contribution in [-0.2, 0) is 16.0 Å². The highest BCUT2D eigenvalue weighted by Gasteiger charge is 2.50. The Kier molecular flexibility index (Phi) is 5.74. The molecule has 28 heavy (non-hydrogen) atoms. The molecule has 1 aliphatic heterocycles. The van der Waals surface area contributed by atoms with Gasteiger partial charge in [0, 0.05) is 19.1 Å². The molecule has 0 aromatic heterocycles. The van der Waals surface area contributed by atoms with Gasteiger partial charge >= 0.3 is 6.09 Å². The van der Waals surface area contributed by atoms with Gasteiger partial charge in [0.25, 0.3) is 0 Å². The molecular formula is C23H34N2O3. The lowest BCUT2D eigenvalue weighted by Gasteiger charge is -2.38. The Hall–Kier alpha value is -2.04. The Morgan fingerprint density at radius 2 is 1.93 bits per heavy atom. The molecule has 2 atom stereocenters. The zero-order valence-electron chi connectivity index (χ0n) is 17.9. The predicted molar refractivity (Wildman–Crippen MR) is 110 cm³/mol. The van der Waals surface area contributed by atoms with E-state index in [2.05, 4.69) is 31.3 Å². The third-order valence-electron chi connectivity index (χ3n) is 6.00. The number of aryl methyl sites for hydroxylation is 1. The van der Waals surface area contributed by atoms with E-state index < -0.39 is 5.60 Å². The van der Waals surface area contributed by atoms with Crippen molar-refractivity contribution in [3.05, 3.63) is 35.4 Å². The summed E-state index contributed by atoms with van der Waals surface area (Å²) in [5, 5.41) is 3.30. The van der Waals surface area contributed by atoms with Crippen molar-refractivity contribution in [2.45, 2.75) is 71.9 Å². The van der Waals surface area contributed by atoms with Gasteiger partial charge in [-0.2, -0.15) is 0 Å². The van der Waals surface area contributed by atoms with E-state index in [1.54, 1.807) is 4.90 Å². The van der Waals surface area contributed by atoms with Crippen LogP contribution in [-0.4, -0.2) is 41.6 Å². The van der Waals surface area contributed by atoms with Gasteiger partial charge in [-0.1, -0.05) is 31.2 Å². The van der Waals surface area contributed by atoms with Gasteiger partial charge in [-0.3, -0.25) is 4.79 Å². The molecule has 5 nitrogen and oxygen atoms in total. The molecule has 2 amide bonds. The second-order valence-electron chi connectivity index (χ2n) is 9.66. The first-order chi connectivity index (χ1) is 13.1. The van der Waals surface area contributed by atoms with Crippen LogP contribution in [0.15, 0.2) is 24.3 Å². The minimum absolute atomic E-state index is 0.112. The molecule has 1 aliphatic carbocycles. The van der Waals surface area contributed by atoms with E-state index in [1.165, 1.54) is 11.1 Å². The van der Waals surface area contributed by atoms with Crippen molar-refractivity contribution in [1.29, 1.82) is 0 Å². The van der Waals surface area contributed by atoms with Crippen LogP contribution < -0.4 is 5.32 Å². The summed E-state index contributed by atoms with van der Waals surface area (Å²) >= 11 is 0. The van der Waals surface area contributed by atoms with Crippen molar-refractivity contribution >= 4 is 12.0 Å². The normalized spacial score (nSPS) is 23.8. The maximum Gasteiger partial charge on any atom is 0.410 e. The molecule has 0 spiro atoms. The number of hydrogen-bond acceptors (Lipinski definition) is 3. The van der Waals surface area contributed by atoms with E-state index >= 15 is 0 Å². The van der Waals surface area contributed by atoms with Crippen LogP contribution in [0.4, 0.5) is 4.79 Å². The third-order valence-corrected chi connectivity index (χ3v) is 6.00. The highest BCUT2D eigenvalue weighted by Crippen LogP contribution is 2.49. The standard InChI is InChI=1S/C23H34N2O3/c1-16-8-6-7-9-18(16)14-23(11-12-23)20(26)24-19-10-13-25(15-17(19)2)21(27)28-22(3,4)5/h6-9,17,19H,10-15H2,1-5H3,(H,24,26)/t17-,19-/m0/s1. The molecule has 0 radical (unpaired) electrons. The van der Waals surface area contributed by atoms with Crippen LogP contribution in [0.25, 0.3) is 0 Å². The summed E-state index contributed by atoms with van der Waals surface area (Å²) in [6.07, 6.45) is 3.24. The molecule has 1 saturated carbocycles. The molecule has 1 aromatic rings.